The van der Waals surface area contributed by atoms with E-state index >= 15 is 0 Å². The summed E-state index contributed by atoms with van der Waals surface area (Å²) in [7, 11) is 0. The second-order valence-corrected chi connectivity index (χ2v) is 6.16. The molecule has 4 nitrogen and oxygen atoms in total. The lowest BCUT2D eigenvalue weighted by molar-refractivity contribution is -0.120. The van der Waals surface area contributed by atoms with Gasteiger partial charge in [0.25, 0.3) is 5.91 Å². The summed E-state index contributed by atoms with van der Waals surface area (Å²) in [5.41, 5.74) is 1.51. The fourth-order valence-corrected chi connectivity index (χ4v) is 2.52. The fraction of sp³-hybridized carbons (Fsp3) is 0.125. The highest BCUT2D eigenvalue weighted by Gasteiger charge is 2.10. The third kappa shape index (κ3) is 4.99. The van der Waals surface area contributed by atoms with Crippen molar-refractivity contribution in [3.05, 3.63) is 68.3 Å². The first-order chi connectivity index (χ1) is 10.6. The van der Waals surface area contributed by atoms with Crippen molar-refractivity contribution in [3.63, 3.8) is 0 Å². The molecule has 0 unspecified atom stereocenters. The fourth-order valence-electron chi connectivity index (χ4n) is 1.77. The predicted molar refractivity (Wildman–Crippen MR) is 94.8 cm³/mol. The molecule has 2 aromatic rings. The summed E-state index contributed by atoms with van der Waals surface area (Å²) in [5.74, 6) is -0.499. The zero-order valence-corrected chi connectivity index (χ0v) is 14.5. The number of rotatable bonds is 5. The Hall–Kier alpha value is -1.60. The summed E-state index contributed by atoms with van der Waals surface area (Å²) < 4.78 is 0.846. The van der Waals surface area contributed by atoms with Gasteiger partial charge >= 0.3 is 0 Å². The van der Waals surface area contributed by atoms with Crippen molar-refractivity contribution in [2.45, 2.75) is 6.54 Å². The SMILES string of the molecule is O=C(CNC(=O)c1ccccc1I)NCc1ccc(Cl)cc1. The minimum Gasteiger partial charge on any atom is -0.350 e. The van der Waals surface area contributed by atoms with Gasteiger partial charge in [0.1, 0.15) is 0 Å². The average molecular weight is 429 g/mol. The van der Waals surface area contributed by atoms with Crippen LogP contribution in [0.15, 0.2) is 48.5 Å². The lowest BCUT2D eigenvalue weighted by Crippen LogP contribution is -2.36. The Morgan fingerprint density at radius 3 is 2.36 bits per heavy atom. The maximum absolute atomic E-state index is 12.0. The van der Waals surface area contributed by atoms with Crippen molar-refractivity contribution < 1.29 is 9.59 Å². The van der Waals surface area contributed by atoms with E-state index in [-0.39, 0.29) is 18.4 Å². The van der Waals surface area contributed by atoms with E-state index < -0.39 is 0 Å². The summed E-state index contributed by atoms with van der Waals surface area (Å²) in [6.07, 6.45) is 0. The molecule has 0 aliphatic heterocycles. The van der Waals surface area contributed by atoms with Crippen LogP contribution < -0.4 is 10.6 Å². The largest absolute Gasteiger partial charge is 0.350 e. The molecule has 114 valence electrons. The molecule has 0 aromatic heterocycles. The number of hydrogen-bond donors (Lipinski definition) is 2. The molecule has 6 heteroatoms. The Labute approximate surface area is 147 Å². The van der Waals surface area contributed by atoms with Gasteiger partial charge < -0.3 is 10.6 Å². The van der Waals surface area contributed by atoms with Crippen LogP contribution in [-0.4, -0.2) is 18.4 Å². The van der Waals surface area contributed by atoms with Crippen molar-refractivity contribution in [1.29, 1.82) is 0 Å². The zero-order valence-electron chi connectivity index (χ0n) is 11.6. The van der Waals surface area contributed by atoms with Gasteiger partial charge in [-0.15, -0.1) is 0 Å². The van der Waals surface area contributed by atoms with Crippen molar-refractivity contribution in [1.82, 2.24) is 10.6 Å². The number of amides is 2. The van der Waals surface area contributed by atoms with Crippen LogP contribution in [0.25, 0.3) is 0 Å². The Bertz CT molecular complexity index is 674. The Balaban J connectivity index is 1.79. The van der Waals surface area contributed by atoms with Gasteiger partial charge in [-0.1, -0.05) is 35.9 Å². The van der Waals surface area contributed by atoms with E-state index in [0.29, 0.717) is 17.1 Å². The highest BCUT2D eigenvalue weighted by Crippen LogP contribution is 2.11. The molecule has 0 bridgehead atoms. The molecule has 2 N–H and O–H groups in total. The summed E-state index contributed by atoms with van der Waals surface area (Å²) >= 11 is 7.88. The van der Waals surface area contributed by atoms with Crippen molar-refractivity contribution in [3.8, 4) is 0 Å². The zero-order chi connectivity index (χ0) is 15.9. The van der Waals surface area contributed by atoms with Gasteiger partial charge in [-0.05, 0) is 52.4 Å². The molecule has 2 rings (SSSR count). The minimum absolute atomic E-state index is 0.0581. The van der Waals surface area contributed by atoms with Gasteiger partial charge in [-0.2, -0.15) is 0 Å². The normalized spacial score (nSPS) is 10.1. The number of nitrogens with one attached hydrogen (secondary N) is 2. The summed E-state index contributed by atoms with van der Waals surface area (Å²) in [6.45, 7) is 0.339. The molecular weight excluding hydrogens is 415 g/mol. The first-order valence-electron chi connectivity index (χ1n) is 6.60. The molecule has 0 spiro atoms. The van der Waals surface area contributed by atoms with E-state index in [4.69, 9.17) is 11.6 Å². The molecule has 2 aromatic carbocycles. The molecule has 0 heterocycles. The van der Waals surface area contributed by atoms with Gasteiger partial charge in [0.15, 0.2) is 0 Å². The van der Waals surface area contributed by atoms with E-state index in [1.54, 1.807) is 24.3 Å². The van der Waals surface area contributed by atoms with E-state index in [2.05, 4.69) is 33.2 Å². The predicted octanol–water partition coefficient (Wildman–Crippen LogP) is 2.99. The molecule has 0 radical (unpaired) electrons. The third-order valence-corrected chi connectivity index (χ3v) is 4.12. The van der Waals surface area contributed by atoms with Crippen LogP contribution in [0.4, 0.5) is 0 Å². The topological polar surface area (TPSA) is 58.2 Å². The molecule has 0 aliphatic rings. The van der Waals surface area contributed by atoms with Crippen LogP contribution in [0.3, 0.4) is 0 Å². The van der Waals surface area contributed by atoms with Crippen LogP contribution >= 0.6 is 34.2 Å². The quantitative estimate of drug-likeness (QED) is 0.720. The second kappa shape index (κ2) is 8.14. The molecule has 0 aliphatic carbocycles. The van der Waals surface area contributed by atoms with Crippen LogP contribution in [0, 0.1) is 3.57 Å². The number of carbonyl (C=O) groups is 2. The van der Waals surface area contributed by atoms with Crippen LogP contribution in [0.5, 0.6) is 0 Å². The van der Waals surface area contributed by atoms with Crippen molar-refractivity contribution >= 4 is 46.0 Å². The molecule has 0 saturated carbocycles. The van der Waals surface area contributed by atoms with E-state index in [0.717, 1.165) is 9.13 Å². The summed E-state index contributed by atoms with van der Waals surface area (Å²) in [6, 6.07) is 14.4. The maximum atomic E-state index is 12.0. The van der Waals surface area contributed by atoms with Crippen molar-refractivity contribution in [2.75, 3.05) is 6.54 Å². The number of halogens is 2. The minimum atomic E-state index is -0.258. The van der Waals surface area contributed by atoms with Gasteiger partial charge in [0.05, 0.1) is 12.1 Å². The van der Waals surface area contributed by atoms with E-state index in [1.165, 1.54) is 0 Å². The molecule has 2 amide bonds. The monoisotopic (exact) mass is 428 g/mol. The van der Waals surface area contributed by atoms with Gasteiger partial charge in [0.2, 0.25) is 5.91 Å². The van der Waals surface area contributed by atoms with Gasteiger partial charge in [-0.25, -0.2) is 0 Å². The third-order valence-electron chi connectivity index (χ3n) is 2.93. The standard InChI is InChI=1S/C16H14ClIN2O2/c17-12-7-5-11(6-8-12)9-19-15(21)10-20-16(22)13-3-1-2-4-14(13)18/h1-8H,9-10H2,(H,19,21)(H,20,22). The summed E-state index contributed by atoms with van der Waals surface area (Å²) in [4.78, 5) is 23.7. The number of benzene rings is 2. The number of hydrogen-bond acceptors (Lipinski definition) is 2. The highest BCUT2D eigenvalue weighted by atomic mass is 127. The van der Waals surface area contributed by atoms with Crippen molar-refractivity contribution in [2.24, 2.45) is 0 Å². The Morgan fingerprint density at radius 1 is 1.00 bits per heavy atom. The van der Waals surface area contributed by atoms with Gasteiger partial charge in [-0.3, -0.25) is 9.59 Å². The number of carbonyl (C=O) groups excluding carboxylic acids is 2. The van der Waals surface area contributed by atoms with E-state index in [1.807, 2.05) is 24.3 Å². The Morgan fingerprint density at radius 2 is 1.68 bits per heavy atom. The van der Waals surface area contributed by atoms with Crippen LogP contribution in [0.2, 0.25) is 5.02 Å². The molecule has 0 atom stereocenters. The smallest absolute Gasteiger partial charge is 0.252 e. The molecular formula is C16H14ClIN2O2. The van der Waals surface area contributed by atoms with Crippen LogP contribution in [-0.2, 0) is 11.3 Å². The molecule has 0 saturated heterocycles. The lowest BCUT2D eigenvalue weighted by atomic mass is 10.2. The van der Waals surface area contributed by atoms with E-state index in [9.17, 15) is 9.59 Å². The maximum Gasteiger partial charge on any atom is 0.252 e. The van der Waals surface area contributed by atoms with Gasteiger partial charge in [0, 0.05) is 15.1 Å². The first-order valence-corrected chi connectivity index (χ1v) is 8.06. The lowest BCUT2D eigenvalue weighted by Gasteiger charge is -2.08. The average Bonchev–Trinajstić information content (AvgIpc) is 2.52. The Kier molecular flexibility index (Phi) is 6.21. The highest BCUT2D eigenvalue weighted by molar-refractivity contribution is 14.1. The second-order valence-electron chi connectivity index (χ2n) is 4.57. The first kappa shape index (κ1) is 16.8. The molecule has 0 fully saturated rings. The summed E-state index contributed by atoms with van der Waals surface area (Å²) in [5, 5.41) is 6.00. The molecule has 22 heavy (non-hydrogen) atoms. The van der Waals surface area contributed by atoms with Crippen LogP contribution in [0.1, 0.15) is 15.9 Å².